The molecule has 1 amide bonds. The van der Waals surface area contributed by atoms with Gasteiger partial charge in [-0.1, -0.05) is 61.3 Å². The Kier molecular flexibility index (Phi) is 7.31. The molecule has 1 aliphatic rings. The minimum atomic E-state index is -1.16. The predicted octanol–water partition coefficient (Wildman–Crippen LogP) is 5.90. The Bertz CT molecular complexity index is 1020. The molecule has 0 radical (unpaired) electrons. The monoisotopic (exact) mass is 475 g/mol. The highest BCUT2D eigenvalue weighted by Crippen LogP contribution is 2.52. The molecule has 5 nitrogen and oxygen atoms in total. The minimum Gasteiger partial charge on any atom is -0.481 e. The van der Waals surface area contributed by atoms with Gasteiger partial charge in [-0.05, 0) is 55.2 Å². The molecule has 2 aromatic rings. The maximum absolute atomic E-state index is 13.8. The summed E-state index contributed by atoms with van der Waals surface area (Å²) in [6, 6.07) is 13.5. The molecule has 170 valence electrons. The van der Waals surface area contributed by atoms with Crippen molar-refractivity contribution in [1.82, 2.24) is 4.90 Å². The molecule has 0 aromatic heterocycles. The number of nitrogens with zero attached hydrogens (tertiary/aromatic N) is 1. The average molecular weight is 476 g/mol. The third-order valence-electron chi connectivity index (χ3n) is 6.32. The van der Waals surface area contributed by atoms with Crippen LogP contribution in [0.25, 0.3) is 0 Å². The number of piperidine rings is 1. The second-order valence-corrected chi connectivity index (χ2v) is 9.61. The summed E-state index contributed by atoms with van der Waals surface area (Å²) in [4.78, 5) is 39.8. The summed E-state index contributed by atoms with van der Waals surface area (Å²) < 4.78 is 0. The number of carbonyl (C=O) groups is 3. The number of likely N-dealkylation sites (tertiary alicyclic amines) is 1. The summed E-state index contributed by atoms with van der Waals surface area (Å²) in [6.45, 7) is 5.01. The number of carboxylic acids is 1. The van der Waals surface area contributed by atoms with Crippen molar-refractivity contribution in [3.05, 3.63) is 69.7 Å². The minimum absolute atomic E-state index is 0.135. The van der Waals surface area contributed by atoms with Gasteiger partial charge in [0.05, 0.1) is 23.9 Å². The van der Waals surface area contributed by atoms with Gasteiger partial charge < -0.3 is 10.0 Å². The van der Waals surface area contributed by atoms with E-state index in [-0.39, 0.29) is 24.0 Å². The number of hydrogen-bond acceptors (Lipinski definition) is 3. The first kappa shape index (κ1) is 24.3. The molecular formula is C25H27Cl2NO4. The number of aliphatic carboxylic acids is 1. The van der Waals surface area contributed by atoms with Crippen LogP contribution in [-0.4, -0.2) is 33.7 Å². The zero-order valence-electron chi connectivity index (χ0n) is 18.3. The lowest BCUT2D eigenvalue weighted by Gasteiger charge is -2.51. The van der Waals surface area contributed by atoms with Crippen LogP contribution in [-0.2, 0) is 14.4 Å². The Morgan fingerprint density at radius 1 is 1.12 bits per heavy atom. The summed E-state index contributed by atoms with van der Waals surface area (Å²) >= 11 is 12.4. The molecule has 4 atom stereocenters. The smallest absolute Gasteiger partial charge is 0.304 e. The molecule has 0 spiro atoms. The van der Waals surface area contributed by atoms with Crippen molar-refractivity contribution in [2.24, 2.45) is 5.41 Å². The molecule has 2 unspecified atom stereocenters. The number of rotatable bonds is 7. The Hall–Kier alpha value is -2.37. The van der Waals surface area contributed by atoms with Gasteiger partial charge in [-0.2, -0.15) is 0 Å². The van der Waals surface area contributed by atoms with Crippen LogP contribution in [0.3, 0.4) is 0 Å². The second kappa shape index (κ2) is 9.63. The highest BCUT2D eigenvalue weighted by Gasteiger charge is 2.52. The third-order valence-corrected chi connectivity index (χ3v) is 6.81. The lowest BCUT2D eigenvalue weighted by Crippen LogP contribution is -2.57. The van der Waals surface area contributed by atoms with Crippen molar-refractivity contribution in [1.29, 1.82) is 0 Å². The van der Waals surface area contributed by atoms with Gasteiger partial charge in [0.15, 0.2) is 5.78 Å². The van der Waals surface area contributed by atoms with Gasteiger partial charge in [0.2, 0.25) is 5.91 Å². The SMILES string of the molecule is CC[C@@H](C(C)=O)N1C(=O)[C@](C)(CC(=O)O)CC(c2cccc(Cl)c2)C1c1ccc(Cl)cc1. The number of halogens is 2. The molecule has 1 N–H and O–H groups in total. The lowest BCUT2D eigenvalue weighted by molar-refractivity contribution is -0.162. The molecule has 1 saturated heterocycles. The highest BCUT2D eigenvalue weighted by molar-refractivity contribution is 6.30. The first-order valence-corrected chi connectivity index (χ1v) is 11.4. The molecule has 1 heterocycles. The predicted molar refractivity (Wildman–Crippen MR) is 125 cm³/mol. The van der Waals surface area contributed by atoms with Gasteiger partial charge in [-0.15, -0.1) is 0 Å². The Morgan fingerprint density at radius 3 is 2.31 bits per heavy atom. The van der Waals surface area contributed by atoms with E-state index in [9.17, 15) is 19.5 Å². The van der Waals surface area contributed by atoms with Crippen LogP contribution in [0, 0.1) is 5.41 Å². The topological polar surface area (TPSA) is 74.7 Å². The van der Waals surface area contributed by atoms with E-state index in [0.29, 0.717) is 22.9 Å². The van der Waals surface area contributed by atoms with E-state index in [2.05, 4.69) is 0 Å². The van der Waals surface area contributed by atoms with Crippen LogP contribution in [0.15, 0.2) is 48.5 Å². The van der Waals surface area contributed by atoms with E-state index in [1.807, 2.05) is 37.3 Å². The van der Waals surface area contributed by atoms with Crippen LogP contribution >= 0.6 is 23.2 Å². The van der Waals surface area contributed by atoms with Gasteiger partial charge in [-0.3, -0.25) is 14.4 Å². The number of carboxylic acid groups (broad SMARTS) is 1. The van der Waals surface area contributed by atoms with Crippen LogP contribution in [0.1, 0.15) is 63.1 Å². The standard InChI is InChI=1S/C25H27Cl2NO4/c1-4-21(15(2)29)28-23(16-8-10-18(26)11-9-16)20(17-6-5-7-19(27)12-17)13-25(3,24(28)32)14-22(30)31/h5-12,20-21,23H,4,13-14H2,1-3H3,(H,30,31)/t20?,21-,23?,25-/m0/s1. The molecule has 0 saturated carbocycles. The molecule has 0 bridgehead atoms. The molecule has 1 aliphatic heterocycles. The van der Waals surface area contributed by atoms with E-state index in [1.54, 1.807) is 30.0 Å². The number of hydrogen-bond donors (Lipinski definition) is 1. The van der Waals surface area contributed by atoms with Crippen LogP contribution in [0.5, 0.6) is 0 Å². The first-order valence-electron chi connectivity index (χ1n) is 10.6. The maximum atomic E-state index is 13.8. The Labute approximate surface area is 198 Å². The molecule has 2 aromatic carbocycles. The maximum Gasteiger partial charge on any atom is 0.304 e. The Morgan fingerprint density at radius 2 is 1.78 bits per heavy atom. The number of amides is 1. The van der Waals surface area contributed by atoms with E-state index in [1.165, 1.54) is 6.92 Å². The fourth-order valence-corrected chi connectivity index (χ4v) is 5.23. The van der Waals surface area contributed by atoms with Gasteiger partial charge >= 0.3 is 5.97 Å². The Balaban J connectivity index is 2.26. The number of benzene rings is 2. The third kappa shape index (κ3) is 4.84. The van der Waals surface area contributed by atoms with Gasteiger partial charge in [0.1, 0.15) is 0 Å². The summed E-state index contributed by atoms with van der Waals surface area (Å²) in [7, 11) is 0. The van der Waals surface area contributed by atoms with E-state index in [4.69, 9.17) is 23.2 Å². The highest BCUT2D eigenvalue weighted by atomic mass is 35.5. The zero-order chi connectivity index (χ0) is 23.6. The van der Waals surface area contributed by atoms with Crippen molar-refractivity contribution in [2.45, 2.75) is 58.0 Å². The molecular weight excluding hydrogens is 449 g/mol. The van der Waals surface area contributed by atoms with Gasteiger partial charge in [0, 0.05) is 16.0 Å². The van der Waals surface area contributed by atoms with Crippen molar-refractivity contribution >= 4 is 40.9 Å². The van der Waals surface area contributed by atoms with Crippen molar-refractivity contribution in [3.8, 4) is 0 Å². The van der Waals surface area contributed by atoms with Crippen molar-refractivity contribution in [3.63, 3.8) is 0 Å². The number of ketones is 1. The average Bonchev–Trinajstić information content (AvgIpc) is 2.71. The summed E-state index contributed by atoms with van der Waals surface area (Å²) in [5, 5.41) is 10.7. The van der Waals surface area contributed by atoms with Crippen molar-refractivity contribution in [2.75, 3.05) is 0 Å². The summed E-state index contributed by atoms with van der Waals surface area (Å²) in [5.41, 5.74) is 0.569. The normalized spacial score (nSPS) is 24.3. The zero-order valence-corrected chi connectivity index (χ0v) is 19.9. The van der Waals surface area contributed by atoms with E-state index >= 15 is 0 Å². The molecule has 32 heavy (non-hydrogen) atoms. The fraction of sp³-hybridized carbons (Fsp3) is 0.400. The summed E-state index contributed by atoms with van der Waals surface area (Å²) in [6.07, 6.45) is 0.425. The molecule has 0 aliphatic carbocycles. The fourth-order valence-electron chi connectivity index (χ4n) is 4.90. The van der Waals surface area contributed by atoms with E-state index < -0.39 is 23.5 Å². The number of carbonyl (C=O) groups excluding carboxylic acids is 2. The van der Waals surface area contributed by atoms with Crippen LogP contribution in [0.4, 0.5) is 0 Å². The van der Waals surface area contributed by atoms with Gasteiger partial charge in [0.25, 0.3) is 0 Å². The lowest BCUT2D eigenvalue weighted by atomic mass is 9.67. The number of Topliss-reactive ketones (excluding diaryl/α,β-unsaturated/α-hetero) is 1. The second-order valence-electron chi connectivity index (χ2n) is 8.74. The first-order chi connectivity index (χ1) is 15.1. The van der Waals surface area contributed by atoms with Crippen LogP contribution in [0.2, 0.25) is 10.0 Å². The molecule has 7 heteroatoms. The largest absolute Gasteiger partial charge is 0.481 e. The van der Waals surface area contributed by atoms with E-state index in [0.717, 1.165) is 11.1 Å². The van der Waals surface area contributed by atoms with Gasteiger partial charge in [-0.25, -0.2) is 0 Å². The quantitative estimate of drug-likeness (QED) is 0.540. The van der Waals surface area contributed by atoms with Crippen molar-refractivity contribution < 1.29 is 19.5 Å². The van der Waals surface area contributed by atoms with Crippen LogP contribution < -0.4 is 0 Å². The summed E-state index contributed by atoms with van der Waals surface area (Å²) in [5.74, 6) is -1.76. The molecule has 1 fully saturated rings. The molecule has 3 rings (SSSR count).